The van der Waals surface area contributed by atoms with Gasteiger partial charge < -0.3 is 10.4 Å². The van der Waals surface area contributed by atoms with Crippen molar-refractivity contribution in [3.05, 3.63) is 81.9 Å². The molecule has 0 unspecified atom stereocenters. The Hall–Kier alpha value is -3.41. The lowest BCUT2D eigenvalue weighted by atomic mass is 9.92. The van der Waals surface area contributed by atoms with Gasteiger partial charge in [0, 0.05) is 24.1 Å². The second kappa shape index (κ2) is 7.86. The van der Waals surface area contributed by atoms with Crippen LogP contribution in [0.5, 0.6) is 5.75 Å². The molecule has 3 aromatic carbocycles. The highest BCUT2D eigenvalue weighted by Crippen LogP contribution is 2.36. The molecule has 0 saturated carbocycles. The fraction of sp³-hybridized carbons (Fsp3) is 0.190. The van der Waals surface area contributed by atoms with E-state index >= 15 is 0 Å². The Kier molecular flexibility index (Phi) is 5.35. The molecule has 138 valence electrons. The van der Waals surface area contributed by atoms with Crippen LogP contribution in [0.4, 0.5) is 5.69 Å². The van der Waals surface area contributed by atoms with Gasteiger partial charge in [0.15, 0.2) is 0 Å². The summed E-state index contributed by atoms with van der Waals surface area (Å²) in [7, 11) is 0. The number of phenolic OH excluding ortho intramolecular Hbond substituents is 1. The van der Waals surface area contributed by atoms with Gasteiger partial charge in [0.1, 0.15) is 5.75 Å². The Morgan fingerprint density at radius 1 is 1.11 bits per heavy atom. The number of aromatic hydroxyl groups is 1. The van der Waals surface area contributed by atoms with Crippen LogP contribution in [0.2, 0.25) is 0 Å². The van der Waals surface area contributed by atoms with Crippen LogP contribution in [-0.2, 0) is 4.79 Å². The predicted molar refractivity (Wildman–Crippen MR) is 104 cm³/mol. The van der Waals surface area contributed by atoms with Gasteiger partial charge in [0.2, 0.25) is 5.91 Å². The number of rotatable bonds is 6. The SMILES string of the molecule is CCCC(=O)N[C@@H](c1ccc([N+](=O)[O-])cc1)c1c(O)ccc2ccccc12. The van der Waals surface area contributed by atoms with E-state index in [1.165, 1.54) is 12.1 Å². The summed E-state index contributed by atoms with van der Waals surface area (Å²) in [5.41, 5.74) is 1.21. The van der Waals surface area contributed by atoms with Crippen molar-refractivity contribution in [3.63, 3.8) is 0 Å². The molecule has 0 aliphatic carbocycles. The highest BCUT2D eigenvalue weighted by Gasteiger charge is 2.23. The highest BCUT2D eigenvalue weighted by atomic mass is 16.6. The van der Waals surface area contributed by atoms with Gasteiger partial charge in [-0.1, -0.05) is 37.3 Å². The maximum atomic E-state index is 12.3. The highest BCUT2D eigenvalue weighted by molar-refractivity contribution is 5.89. The van der Waals surface area contributed by atoms with Crippen LogP contribution in [0.25, 0.3) is 10.8 Å². The average molecular weight is 364 g/mol. The topological polar surface area (TPSA) is 92.5 Å². The van der Waals surface area contributed by atoms with E-state index in [4.69, 9.17) is 0 Å². The number of benzene rings is 3. The summed E-state index contributed by atoms with van der Waals surface area (Å²) in [5, 5.41) is 26.2. The molecular formula is C21H20N2O4. The minimum absolute atomic E-state index is 0.0282. The molecule has 0 radical (unpaired) electrons. The molecule has 0 aliphatic heterocycles. The molecule has 3 aromatic rings. The second-order valence-corrected chi connectivity index (χ2v) is 6.32. The lowest BCUT2D eigenvalue weighted by Gasteiger charge is -2.22. The first-order chi connectivity index (χ1) is 13.0. The third-order valence-corrected chi connectivity index (χ3v) is 4.46. The van der Waals surface area contributed by atoms with Crippen molar-refractivity contribution in [2.75, 3.05) is 0 Å². The van der Waals surface area contributed by atoms with Crippen molar-refractivity contribution in [1.82, 2.24) is 5.32 Å². The average Bonchev–Trinajstić information content (AvgIpc) is 2.67. The number of nitro groups is 1. The van der Waals surface area contributed by atoms with Crippen LogP contribution in [0.3, 0.4) is 0 Å². The molecular weight excluding hydrogens is 344 g/mol. The number of amides is 1. The van der Waals surface area contributed by atoms with Crippen LogP contribution in [-0.4, -0.2) is 15.9 Å². The predicted octanol–water partition coefficient (Wildman–Crippen LogP) is 4.46. The number of hydrogen-bond acceptors (Lipinski definition) is 4. The Bertz CT molecular complexity index is 983. The second-order valence-electron chi connectivity index (χ2n) is 6.32. The Labute approximate surface area is 156 Å². The molecule has 27 heavy (non-hydrogen) atoms. The molecule has 0 heterocycles. The minimum Gasteiger partial charge on any atom is -0.508 e. The molecule has 0 saturated heterocycles. The number of phenols is 1. The largest absolute Gasteiger partial charge is 0.508 e. The number of carbonyl (C=O) groups excluding carboxylic acids is 1. The van der Waals surface area contributed by atoms with Crippen molar-refractivity contribution in [2.24, 2.45) is 0 Å². The molecule has 0 spiro atoms. The smallest absolute Gasteiger partial charge is 0.269 e. The Morgan fingerprint density at radius 2 is 1.81 bits per heavy atom. The van der Waals surface area contributed by atoms with E-state index in [1.807, 2.05) is 37.3 Å². The third kappa shape index (κ3) is 3.89. The number of nitro benzene ring substituents is 1. The van der Waals surface area contributed by atoms with Gasteiger partial charge in [-0.2, -0.15) is 0 Å². The van der Waals surface area contributed by atoms with Crippen molar-refractivity contribution >= 4 is 22.4 Å². The van der Waals surface area contributed by atoms with E-state index in [9.17, 15) is 20.0 Å². The molecule has 0 aromatic heterocycles. The number of hydrogen-bond donors (Lipinski definition) is 2. The molecule has 3 rings (SSSR count). The van der Waals surface area contributed by atoms with Crippen LogP contribution in [0, 0.1) is 10.1 Å². The monoisotopic (exact) mass is 364 g/mol. The Morgan fingerprint density at radius 3 is 2.48 bits per heavy atom. The van der Waals surface area contributed by atoms with Crippen molar-refractivity contribution in [3.8, 4) is 5.75 Å². The van der Waals surface area contributed by atoms with Gasteiger partial charge in [-0.05, 0) is 41.0 Å². The summed E-state index contributed by atoms with van der Waals surface area (Å²) in [4.78, 5) is 22.8. The lowest BCUT2D eigenvalue weighted by molar-refractivity contribution is -0.384. The van der Waals surface area contributed by atoms with Crippen LogP contribution < -0.4 is 5.32 Å². The molecule has 0 aliphatic rings. The molecule has 1 amide bonds. The fourth-order valence-corrected chi connectivity index (χ4v) is 3.16. The van der Waals surface area contributed by atoms with Gasteiger partial charge >= 0.3 is 0 Å². The Balaban J connectivity index is 2.14. The van der Waals surface area contributed by atoms with E-state index in [1.54, 1.807) is 18.2 Å². The molecule has 0 bridgehead atoms. The van der Waals surface area contributed by atoms with Crippen molar-refractivity contribution in [2.45, 2.75) is 25.8 Å². The third-order valence-electron chi connectivity index (χ3n) is 4.46. The fourth-order valence-electron chi connectivity index (χ4n) is 3.16. The number of fused-ring (bicyclic) bond motifs is 1. The number of carbonyl (C=O) groups is 1. The standard InChI is InChI=1S/C21H20N2O4/c1-2-5-19(25)22-21(15-8-11-16(12-9-15)23(26)27)20-17-7-4-3-6-14(17)10-13-18(20)24/h3-4,6-13,21,24H,2,5H2,1H3,(H,22,25)/t21-/m0/s1. The number of nitrogens with zero attached hydrogens (tertiary/aromatic N) is 1. The summed E-state index contributed by atoms with van der Waals surface area (Å²) in [5.74, 6) is -0.0814. The van der Waals surface area contributed by atoms with Crippen LogP contribution >= 0.6 is 0 Å². The summed E-state index contributed by atoms with van der Waals surface area (Å²) in [6.07, 6.45) is 1.05. The van der Waals surface area contributed by atoms with E-state index in [0.29, 0.717) is 24.0 Å². The van der Waals surface area contributed by atoms with E-state index < -0.39 is 11.0 Å². The number of non-ortho nitro benzene ring substituents is 1. The first-order valence-corrected chi connectivity index (χ1v) is 8.75. The molecule has 0 fully saturated rings. The first-order valence-electron chi connectivity index (χ1n) is 8.75. The number of nitrogens with one attached hydrogen (secondary N) is 1. The molecule has 1 atom stereocenters. The molecule has 6 nitrogen and oxygen atoms in total. The zero-order valence-corrected chi connectivity index (χ0v) is 14.9. The zero-order chi connectivity index (χ0) is 19.4. The molecule has 6 heteroatoms. The quantitative estimate of drug-likeness (QED) is 0.499. The lowest BCUT2D eigenvalue weighted by Crippen LogP contribution is -2.29. The van der Waals surface area contributed by atoms with Gasteiger partial charge in [-0.3, -0.25) is 14.9 Å². The van der Waals surface area contributed by atoms with Gasteiger partial charge in [0.05, 0.1) is 11.0 Å². The molecule has 2 N–H and O–H groups in total. The van der Waals surface area contributed by atoms with Gasteiger partial charge in [-0.15, -0.1) is 0 Å². The van der Waals surface area contributed by atoms with Crippen LogP contribution in [0.1, 0.15) is 36.9 Å². The van der Waals surface area contributed by atoms with E-state index in [2.05, 4.69) is 5.32 Å². The van der Waals surface area contributed by atoms with Gasteiger partial charge in [-0.25, -0.2) is 0 Å². The summed E-state index contributed by atoms with van der Waals surface area (Å²) < 4.78 is 0. The van der Waals surface area contributed by atoms with E-state index in [-0.39, 0.29) is 17.3 Å². The van der Waals surface area contributed by atoms with E-state index in [0.717, 1.165) is 10.8 Å². The zero-order valence-electron chi connectivity index (χ0n) is 14.9. The summed E-state index contributed by atoms with van der Waals surface area (Å²) in [6.45, 7) is 1.91. The van der Waals surface area contributed by atoms with Crippen molar-refractivity contribution < 1.29 is 14.8 Å². The minimum atomic E-state index is -0.615. The maximum Gasteiger partial charge on any atom is 0.269 e. The summed E-state index contributed by atoms with van der Waals surface area (Å²) in [6, 6.07) is 16.4. The van der Waals surface area contributed by atoms with Gasteiger partial charge in [0.25, 0.3) is 5.69 Å². The van der Waals surface area contributed by atoms with Crippen molar-refractivity contribution in [1.29, 1.82) is 0 Å². The normalized spacial score (nSPS) is 11.9. The maximum absolute atomic E-state index is 12.3. The van der Waals surface area contributed by atoms with Crippen LogP contribution in [0.15, 0.2) is 60.7 Å². The first kappa shape index (κ1) is 18.4. The summed E-state index contributed by atoms with van der Waals surface area (Å²) >= 11 is 0.